The SMILES string of the molecule is CN=C(NCCc1cccc(C(=O)NC)c1)NCCC(c1ccccc1)c1ccccc1.I. The van der Waals surface area contributed by atoms with Crippen LogP contribution in [0.4, 0.5) is 0 Å². The van der Waals surface area contributed by atoms with Gasteiger partial charge in [-0.05, 0) is 41.7 Å². The quantitative estimate of drug-likeness (QED) is 0.205. The highest BCUT2D eigenvalue weighted by Crippen LogP contribution is 2.27. The Hall–Kier alpha value is -2.87. The van der Waals surface area contributed by atoms with Crippen LogP contribution in [0.1, 0.15) is 39.4 Å². The minimum absolute atomic E-state index is 0. The molecule has 3 N–H and O–H groups in total. The first kappa shape index (κ1) is 26.4. The van der Waals surface area contributed by atoms with Crippen LogP contribution in [0.2, 0.25) is 0 Å². The number of nitrogens with one attached hydrogen (secondary N) is 3. The van der Waals surface area contributed by atoms with Crippen LogP contribution in [0.3, 0.4) is 0 Å². The number of guanidine groups is 1. The lowest BCUT2D eigenvalue weighted by atomic mass is 9.88. The number of benzene rings is 3. The Labute approximate surface area is 214 Å². The number of hydrogen-bond donors (Lipinski definition) is 3. The molecule has 0 heterocycles. The number of halogens is 1. The molecule has 0 bridgehead atoms. The highest BCUT2D eigenvalue weighted by molar-refractivity contribution is 14.0. The van der Waals surface area contributed by atoms with Gasteiger partial charge < -0.3 is 16.0 Å². The molecule has 0 fully saturated rings. The predicted octanol–water partition coefficient (Wildman–Crippen LogP) is 4.59. The molecule has 0 aliphatic heterocycles. The third-order valence-electron chi connectivity index (χ3n) is 5.48. The van der Waals surface area contributed by atoms with Crippen molar-refractivity contribution in [3.63, 3.8) is 0 Å². The molecule has 0 aliphatic rings. The first-order chi connectivity index (χ1) is 15.7. The number of aliphatic imine (C=N–C) groups is 1. The average Bonchev–Trinajstić information content (AvgIpc) is 2.86. The van der Waals surface area contributed by atoms with Crippen LogP contribution in [0.15, 0.2) is 89.9 Å². The zero-order valence-corrected chi connectivity index (χ0v) is 21.6. The Morgan fingerprint density at radius 2 is 1.45 bits per heavy atom. The van der Waals surface area contributed by atoms with Crippen LogP contribution in [0.25, 0.3) is 0 Å². The lowest BCUT2D eigenvalue weighted by Gasteiger charge is -2.19. The van der Waals surface area contributed by atoms with Gasteiger partial charge in [-0.1, -0.05) is 72.8 Å². The van der Waals surface area contributed by atoms with Crippen molar-refractivity contribution in [3.05, 3.63) is 107 Å². The Morgan fingerprint density at radius 1 is 0.848 bits per heavy atom. The Balaban J connectivity index is 0.00000385. The first-order valence-corrected chi connectivity index (χ1v) is 11.1. The van der Waals surface area contributed by atoms with Gasteiger partial charge in [0.15, 0.2) is 5.96 Å². The summed E-state index contributed by atoms with van der Waals surface area (Å²) in [5.41, 5.74) is 4.43. The van der Waals surface area contributed by atoms with E-state index >= 15 is 0 Å². The molecule has 6 heteroatoms. The summed E-state index contributed by atoms with van der Waals surface area (Å²) in [6, 6.07) is 29.0. The molecular formula is C27H33IN4O. The molecule has 1 amide bonds. The summed E-state index contributed by atoms with van der Waals surface area (Å²) < 4.78 is 0. The van der Waals surface area contributed by atoms with Gasteiger partial charge in [0.1, 0.15) is 0 Å². The summed E-state index contributed by atoms with van der Waals surface area (Å²) in [6.45, 7) is 1.54. The largest absolute Gasteiger partial charge is 0.356 e. The summed E-state index contributed by atoms with van der Waals surface area (Å²) in [7, 11) is 3.43. The van der Waals surface area contributed by atoms with Crippen molar-refractivity contribution in [2.75, 3.05) is 27.2 Å². The normalized spacial score (nSPS) is 10.9. The number of nitrogens with zero attached hydrogens (tertiary/aromatic N) is 1. The van der Waals surface area contributed by atoms with Gasteiger partial charge in [-0.25, -0.2) is 0 Å². The molecule has 0 saturated heterocycles. The van der Waals surface area contributed by atoms with E-state index in [1.54, 1.807) is 14.1 Å². The smallest absolute Gasteiger partial charge is 0.251 e. The van der Waals surface area contributed by atoms with Crippen molar-refractivity contribution in [1.82, 2.24) is 16.0 Å². The molecule has 0 saturated carbocycles. The van der Waals surface area contributed by atoms with Gasteiger partial charge in [0.05, 0.1) is 0 Å². The van der Waals surface area contributed by atoms with Gasteiger partial charge in [-0.3, -0.25) is 9.79 Å². The fraction of sp³-hybridized carbons (Fsp3) is 0.259. The number of carbonyl (C=O) groups excluding carboxylic acids is 1. The second kappa shape index (κ2) is 14.3. The van der Waals surface area contributed by atoms with E-state index in [2.05, 4.69) is 81.6 Å². The third-order valence-corrected chi connectivity index (χ3v) is 5.48. The summed E-state index contributed by atoms with van der Waals surface area (Å²) >= 11 is 0. The van der Waals surface area contributed by atoms with E-state index in [1.807, 2.05) is 24.3 Å². The molecule has 0 atom stereocenters. The number of hydrogen-bond acceptors (Lipinski definition) is 2. The van der Waals surface area contributed by atoms with Crippen molar-refractivity contribution in [2.24, 2.45) is 4.99 Å². The maximum absolute atomic E-state index is 11.8. The minimum atomic E-state index is -0.0660. The summed E-state index contributed by atoms with van der Waals surface area (Å²) in [5, 5.41) is 9.48. The van der Waals surface area contributed by atoms with Gasteiger partial charge in [0.2, 0.25) is 0 Å². The molecule has 174 valence electrons. The molecule has 5 nitrogen and oxygen atoms in total. The summed E-state index contributed by atoms with van der Waals surface area (Å²) in [4.78, 5) is 16.2. The molecule has 0 spiro atoms. The van der Waals surface area contributed by atoms with Crippen molar-refractivity contribution in [3.8, 4) is 0 Å². The third kappa shape index (κ3) is 8.20. The summed E-state index contributed by atoms with van der Waals surface area (Å²) in [5.74, 6) is 1.05. The number of rotatable bonds is 9. The minimum Gasteiger partial charge on any atom is -0.356 e. The highest BCUT2D eigenvalue weighted by atomic mass is 127. The van der Waals surface area contributed by atoms with Crippen LogP contribution >= 0.6 is 24.0 Å². The highest BCUT2D eigenvalue weighted by Gasteiger charge is 2.13. The topological polar surface area (TPSA) is 65.5 Å². The van der Waals surface area contributed by atoms with E-state index < -0.39 is 0 Å². The van der Waals surface area contributed by atoms with Crippen molar-refractivity contribution >= 4 is 35.8 Å². The summed E-state index contributed by atoms with van der Waals surface area (Å²) in [6.07, 6.45) is 1.77. The zero-order chi connectivity index (χ0) is 22.6. The number of carbonyl (C=O) groups is 1. The van der Waals surface area contributed by atoms with Crippen LogP contribution in [-0.2, 0) is 6.42 Å². The van der Waals surface area contributed by atoms with Crippen LogP contribution in [0.5, 0.6) is 0 Å². The molecular weight excluding hydrogens is 523 g/mol. The monoisotopic (exact) mass is 556 g/mol. The molecule has 0 radical (unpaired) electrons. The molecule has 0 unspecified atom stereocenters. The van der Waals surface area contributed by atoms with E-state index in [-0.39, 0.29) is 29.9 Å². The molecule has 3 rings (SSSR count). The Bertz CT molecular complexity index is 969. The van der Waals surface area contributed by atoms with E-state index in [9.17, 15) is 4.79 Å². The van der Waals surface area contributed by atoms with Crippen LogP contribution < -0.4 is 16.0 Å². The Morgan fingerprint density at radius 3 is 2.03 bits per heavy atom. The van der Waals surface area contributed by atoms with Crippen molar-refractivity contribution in [2.45, 2.75) is 18.8 Å². The van der Waals surface area contributed by atoms with Gasteiger partial charge in [0, 0.05) is 38.7 Å². The lowest BCUT2D eigenvalue weighted by molar-refractivity contribution is 0.0963. The first-order valence-electron chi connectivity index (χ1n) is 11.1. The maximum Gasteiger partial charge on any atom is 0.251 e. The van der Waals surface area contributed by atoms with E-state index in [0.29, 0.717) is 11.5 Å². The van der Waals surface area contributed by atoms with Crippen LogP contribution in [0, 0.1) is 0 Å². The van der Waals surface area contributed by atoms with Crippen LogP contribution in [-0.4, -0.2) is 39.1 Å². The van der Waals surface area contributed by atoms with E-state index in [0.717, 1.165) is 37.5 Å². The van der Waals surface area contributed by atoms with Gasteiger partial charge in [0.25, 0.3) is 5.91 Å². The molecule has 33 heavy (non-hydrogen) atoms. The molecule has 3 aromatic carbocycles. The molecule has 0 aromatic heterocycles. The van der Waals surface area contributed by atoms with Gasteiger partial charge in [-0.2, -0.15) is 0 Å². The fourth-order valence-electron chi connectivity index (χ4n) is 3.79. The van der Waals surface area contributed by atoms with Gasteiger partial charge in [-0.15, -0.1) is 24.0 Å². The zero-order valence-electron chi connectivity index (χ0n) is 19.3. The standard InChI is InChI=1S/C27H32N4O.HI/c1-28-26(32)24-15-9-10-21(20-24)16-18-30-27(29-2)31-19-17-25(22-11-5-3-6-12-22)23-13-7-4-8-14-23;/h3-15,20,25H,16-19H2,1-2H3,(H,28,32)(H2,29,30,31);1H. The van der Waals surface area contributed by atoms with Crippen molar-refractivity contribution < 1.29 is 4.79 Å². The predicted molar refractivity (Wildman–Crippen MR) is 148 cm³/mol. The molecule has 0 aliphatic carbocycles. The Kier molecular flexibility index (Phi) is 11.4. The maximum atomic E-state index is 11.8. The van der Waals surface area contributed by atoms with Gasteiger partial charge >= 0.3 is 0 Å². The van der Waals surface area contributed by atoms with E-state index in [1.165, 1.54) is 11.1 Å². The second-order valence-electron chi connectivity index (χ2n) is 7.62. The fourth-order valence-corrected chi connectivity index (χ4v) is 3.79. The van der Waals surface area contributed by atoms with Crippen molar-refractivity contribution in [1.29, 1.82) is 0 Å². The number of amides is 1. The lowest BCUT2D eigenvalue weighted by Crippen LogP contribution is -2.39. The molecule has 3 aromatic rings. The average molecular weight is 556 g/mol. The van der Waals surface area contributed by atoms with E-state index in [4.69, 9.17) is 0 Å². The second-order valence-corrected chi connectivity index (χ2v) is 7.62.